The van der Waals surface area contributed by atoms with Crippen molar-refractivity contribution in [3.63, 3.8) is 0 Å². The lowest BCUT2D eigenvalue weighted by Crippen LogP contribution is -2.35. The first-order chi connectivity index (χ1) is 4.74. The molecule has 1 aliphatic rings. The van der Waals surface area contributed by atoms with E-state index in [-0.39, 0.29) is 0 Å². The smallest absolute Gasteiger partial charge is 0.0348 e. The lowest BCUT2D eigenvalue weighted by molar-refractivity contribution is 0.277. The third kappa shape index (κ3) is 1.43. The Morgan fingerprint density at radius 1 is 1.50 bits per heavy atom. The van der Waals surface area contributed by atoms with Gasteiger partial charge >= 0.3 is 0 Å². The molecule has 2 nitrogen and oxygen atoms in total. The van der Waals surface area contributed by atoms with Crippen molar-refractivity contribution in [2.75, 3.05) is 26.7 Å². The Kier molecular flexibility index (Phi) is 2.20. The normalized spacial score (nSPS) is 19.3. The molecule has 0 saturated carbocycles. The zero-order valence-electron chi connectivity index (χ0n) is 7.09. The largest absolute Gasteiger partial charge is 0.375 e. The van der Waals surface area contributed by atoms with E-state index >= 15 is 0 Å². The highest BCUT2D eigenvalue weighted by Gasteiger charge is 2.08. The molecule has 0 amide bonds. The van der Waals surface area contributed by atoms with Crippen molar-refractivity contribution in [3.05, 3.63) is 11.9 Å². The monoisotopic (exact) mass is 140 g/mol. The molecule has 0 aromatic carbocycles. The lowest BCUT2D eigenvalue weighted by Gasteiger charge is -2.31. The van der Waals surface area contributed by atoms with Crippen molar-refractivity contribution in [1.29, 1.82) is 0 Å². The maximum absolute atomic E-state index is 2.34. The minimum atomic E-state index is 1.13. The second kappa shape index (κ2) is 2.95. The summed E-state index contributed by atoms with van der Waals surface area (Å²) in [5, 5.41) is 0. The van der Waals surface area contributed by atoms with E-state index in [0.29, 0.717) is 0 Å². The molecule has 0 radical (unpaired) electrons. The number of allylic oxidation sites excluding steroid dienone is 1. The van der Waals surface area contributed by atoms with Crippen LogP contribution in [0.25, 0.3) is 0 Å². The van der Waals surface area contributed by atoms with Gasteiger partial charge in [0.2, 0.25) is 0 Å². The molecule has 0 aliphatic carbocycles. The van der Waals surface area contributed by atoms with E-state index < -0.39 is 0 Å². The van der Waals surface area contributed by atoms with Gasteiger partial charge in [-0.2, -0.15) is 0 Å². The highest BCUT2D eigenvalue weighted by atomic mass is 15.2. The SMILES string of the molecule is CCN1C=C(C)N(C)CC1. The number of rotatable bonds is 1. The second-order valence-corrected chi connectivity index (χ2v) is 2.82. The summed E-state index contributed by atoms with van der Waals surface area (Å²) in [7, 11) is 2.14. The topological polar surface area (TPSA) is 6.48 Å². The van der Waals surface area contributed by atoms with Crippen LogP contribution < -0.4 is 0 Å². The lowest BCUT2D eigenvalue weighted by atomic mass is 10.3. The van der Waals surface area contributed by atoms with Crippen molar-refractivity contribution in [2.24, 2.45) is 0 Å². The average molecular weight is 140 g/mol. The van der Waals surface area contributed by atoms with Crippen LogP contribution in [0.1, 0.15) is 13.8 Å². The summed E-state index contributed by atoms with van der Waals surface area (Å²) in [4.78, 5) is 4.63. The van der Waals surface area contributed by atoms with Crippen molar-refractivity contribution in [3.8, 4) is 0 Å². The van der Waals surface area contributed by atoms with Gasteiger partial charge in [0.25, 0.3) is 0 Å². The van der Waals surface area contributed by atoms with Gasteiger partial charge in [0.05, 0.1) is 0 Å². The van der Waals surface area contributed by atoms with Crippen LogP contribution in [-0.4, -0.2) is 36.5 Å². The fraction of sp³-hybridized carbons (Fsp3) is 0.750. The van der Waals surface area contributed by atoms with Crippen LogP contribution in [0.15, 0.2) is 11.9 Å². The fourth-order valence-electron chi connectivity index (χ4n) is 1.13. The van der Waals surface area contributed by atoms with E-state index in [1.54, 1.807) is 0 Å². The standard InChI is InChI=1S/C8H16N2/c1-4-10-6-5-9(3)8(2)7-10/h7H,4-6H2,1-3H3. The minimum absolute atomic E-state index is 1.13. The molecule has 2 heteroatoms. The molecule has 0 unspecified atom stereocenters. The van der Waals surface area contributed by atoms with Gasteiger partial charge < -0.3 is 9.80 Å². The summed E-state index contributed by atoms with van der Waals surface area (Å²) in [5.41, 5.74) is 1.37. The van der Waals surface area contributed by atoms with E-state index in [1.165, 1.54) is 12.2 Å². The number of hydrogen-bond acceptors (Lipinski definition) is 2. The zero-order chi connectivity index (χ0) is 7.56. The molecule has 0 N–H and O–H groups in total. The minimum Gasteiger partial charge on any atom is -0.375 e. The van der Waals surface area contributed by atoms with Crippen molar-refractivity contribution < 1.29 is 0 Å². The maximum atomic E-state index is 2.34. The predicted molar refractivity (Wildman–Crippen MR) is 43.6 cm³/mol. The van der Waals surface area contributed by atoms with E-state index in [1.807, 2.05) is 0 Å². The van der Waals surface area contributed by atoms with Crippen LogP contribution in [0.3, 0.4) is 0 Å². The highest BCUT2D eigenvalue weighted by molar-refractivity contribution is 4.99. The fourth-order valence-corrected chi connectivity index (χ4v) is 1.13. The van der Waals surface area contributed by atoms with Crippen LogP contribution in [0.5, 0.6) is 0 Å². The first kappa shape index (κ1) is 7.45. The zero-order valence-corrected chi connectivity index (χ0v) is 7.09. The van der Waals surface area contributed by atoms with E-state index in [0.717, 1.165) is 13.1 Å². The van der Waals surface area contributed by atoms with Gasteiger partial charge in [0, 0.05) is 38.6 Å². The summed E-state index contributed by atoms with van der Waals surface area (Å²) < 4.78 is 0. The van der Waals surface area contributed by atoms with Gasteiger partial charge in [-0.3, -0.25) is 0 Å². The van der Waals surface area contributed by atoms with Gasteiger partial charge in [-0.1, -0.05) is 0 Å². The van der Waals surface area contributed by atoms with Crippen LogP contribution in [0.4, 0.5) is 0 Å². The summed E-state index contributed by atoms with van der Waals surface area (Å²) in [5.74, 6) is 0. The molecule has 0 fully saturated rings. The molecule has 1 aliphatic heterocycles. The molecule has 58 valence electrons. The number of nitrogens with zero attached hydrogens (tertiary/aromatic N) is 2. The van der Waals surface area contributed by atoms with E-state index in [9.17, 15) is 0 Å². The van der Waals surface area contributed by atoms with Crippen LogP contribution >= 0.6 is 0 Å². The van der Waals surface area contributed by atoms with Crippen LogP contribution in [0, 0.1) is 0 Å². The van der Waals surface area contributed by atoms with Gasteiger partial charge in [-0.25, -0.2) is 0 Å². The molecule has 0 spiro atoms. The predicted octanol–water partition coefficient (Wildman–Crippen LogP) is 1.11. The van der Waals surface area contributed by atoms with Crippen LogP contribution in [-0.2, 0) is 0 Å². The van der Waals surface area contributed by atoms with E-state index in [4.69, 9.17) is 0 Å². The Bertz CT molecular complexity index is 140. The Morgan fingerprint density at radius 2 is 2.20 bits per heavy atom. The Balaban J connectivity index is 2.56. The Morgan fingerprint density at radius 3 is 2.70 bits per heavy atom. The molecule has 10 heavy (non-hydrogen) atoms. The third-order valence-corrected chi connectivity index (χ3v) is 2.10. The molecular weight excluding hydrogens is 124 g/mol. The molecule has 1 rings (SSSR count). The molecule has 0 aromatic rings. The average Bonchev–Trinajstić information content (AvgIpc) is 1.95. The molecule has 1 heterocycles. The number of hydrogen-bond donors (Lipinski definition) is 0. The molecule has 0 saturated heterocycles. The van der Waals surface area contributed by atoms with Crippen LogP contribution in [0.2, 0.25) is 0 Å². The van der Waals surface area contributed by atoms with Crippen molar-refractivity contribution >= 4 is 0 Å². The van der Waals surface area contributed by atoms with Gasteiger partial charge in [0.15, 0.2) is 0 Å². The summed E-state index contributed by atoms with van der Waals surface area (Å²) >= 11 is 0. The van der Waals surface area contributed by atoms with Gasteiger partial charge in [0.1, 0.15) is 0 Å². The third-order valence-electron chi connectivity index (χ3n) is 2.10. The summed E-state index contributed by atoms with van der Waals surface area (Å²) in [6.45, 7) is 7.81. The van der Waals surface area contributed by atoms with Gasteiger partial charge in [-0.05, 0) is 13.8 Å². The highest BCUT2D eigenvalue weighted by Crippen LogP contribution is 2.07. The van der Waals surface area contributed by atoms with Crippen molar-refractivity contribution in [1.82, 2.24) is 9.80 Å². The van der Waals surface area contributed by atoms with Gasteiger partial charge in [-0.15, -0.1) is 0 Å². The quantitative estimate of drug-likeness (QED) is 0.538. The van der Waals surface area contributed by atoms with Crippen molar-refractivity contribution in [2.45, 2.75) is 13.8 Å². The van der Waals surface area contributed by atoms with E-state index in [2.05, 4.69) is 36.9 Å². The number of likely N-dealkylation sites (N-methyl/N-ethyl adjacent to an activating group) is 2. The summed E-state index contributed by atoms with van der Waals surface area (Å²) in [6, 6.07) is 0. The Hall–Kier alpha value is -0.660. The first-order valence-corrected chi connectivity index (χ1v) is 3.87. The molecular formula is C8H16N2. The second-order valence-electron chi connectivity index (χ2n) is 2.82. The summed E-state index contributed by atoms with van der Waals surface area (Å²) in [6.07, 6.45) is 2.23. The first-order valence-electron chi connectivity index (χ1n) is 3.87. The molecule has 0 atom stereocenters. The molecule has 0 aromatic heterocycles. The maximum Gasteiger partial charge on any atom is 0.0348 e. The Labute approximate surface area is 63.1 Å². The molecule has 0 bridgehead atoms.